The van der Waals surface area contributed by atoms with E-state index in [0.29, 0.717) is 17.7 Å². The lowest BCUT2D eigenvalue weighted by Gasteiger charge is -2.16. The second-order valence-electron chi connectivity index (χ2n) is 5.66. The van der Waals surface area contributed by atoms with E-state index in [0.717, 1.165) is 0 Å². The van der Waals surface area contributed by atoms with Gasteiger partial charge >= 0.3 is 5.97 Å². The molecule has 1 unspecified atom stereocenters. The van der Waals surface area contributed by atoms with E-state index in [1.807, 2.05) is 0 Å². The first-order chi connectivity index (χ1) is 12.4. The summed E-state index contributed by atoms with van der Waals surface area (Å²) in [6.07, 6.45) is 3.76. The SMILES string of the molecule is COC(=O)C(Cc1ccc(O)c(O)c1)NCC=Cc1ccc(O)c(O)c1. The third-order valence-electron chi connectivity index (χ3n) is 3.76. The average molecular weight is 359 g/mol. The van der Waals surface area contributed by atoms with Crippen molar-refractivity contribution in [1.29, 1.82) is 0 Å². The molecular formula is C19H21NO6. The number of benzene rings is 2. The van der Waals surface area contributed by atoms with Crippen molar-refractivity contribution in [2.24, 2.45) is 0 Å². The lowest BCUT2D eigenvalue weighted by atomic mass is 10.1. The number of nitrogens with one attached hydrogen (secondary N) is 1. The van der Waals surface area contributed by atoms with Gasteiger partial charge in [-0.05, 0) is 41.8 Å². The highest BCUT2D eigenvalue weighted by atomic mass is 16.5. The molecule has 2 rings (SSSR count). The number of ether oxygens (including phenoxy) is 1. The first kappa shape index (κ1) is 19.1. The predicted molar refractivity (Wildman–Crippen MR) is 96.1 cm³/mol. The number of hydrogen-bond donors (Lipinski definition) is 5. The van der Waals surface area contributed by atoms with Crippen molar-refractivity contribution in [1.82, 2.24) is 5.32 Å². The smallest absolute Gasteiger partial charge is 0.323 e. The fraction of sp³-hybridized carbons (Fsp3) is 0.211. The topological polar surface area (TPSA) is 119 Å². The molecule has 0 radical (unpaired) electrons. The number of hydrogen-bond acceptors (Lipinski definition) is 7. The van der Waals surface area contributed by atoms with Crippen molar-refractivity contribution < 1.29 is 30.0 Å². The van der Waals surface area contributed by atoms with Crippen LogP contribution in [-0.2, 0) is 16.0 Å². The van der Waals surface area contributed by atoms with Gasteiger partial charge in [0.15, 0.2) is 23.0 Å². The molecular weight excluding hydrogens is 338 g/mol. The average Bonchev–Trinajstić information content (AvgIpc) is 2.62. The summed E-state index contributed by atoms with van der Waals surface area (Å²) < 4.78 is 4.78. The van der Waals surface area contributed by atoms with Gasteiger partial charge in [0.05, 0.1) is 7.11 Å². The Kier molecular flexibility index (Phi) is 6.46. The molecule has 0 aromatic heterocycles. The van der Waals surface area contributed by atoms with E-state index in [9.17, 15) is 25.2 Å². The van der Waals surface area contributed by atoms with E-state index in [4.69, 9.17) is 4.74 Å². The maximum atomic E-state index is 11.9. The number of phenolic OH excluding ortho intramolecular Hbond substituents is 4. The molecule has 2 aromatic rings. The molecule has 0 spiro atoms. The van der Waals surface area contributed by atoms with Gasteiger partial charge in [-0.3, -0.25) is 4.79 Å². The van der Waals surface area contributed by atoms with Crippen LogP contribution in [0, 0.1) is 0 Å². The lowest BCUT2D eigenvalue weighted by Crippen LogP contribution is -2.39. The molecule has 0 saturated carbocycles. The highest BCUT2D eigenvalue weighted by Crippen LogP contribution is 2.26. The molecule has 0 heterocycles. The Morgan fingerprint density at radius 1 is 1.04 bits per heavy atom. The molecule has 0 aliphatic rings. The third kappa shape index (κ3) is 5.15. The third-order valence-corrected chi connectivity index (χ3v) is 3.76. The molecule has 0 aliphatic heterocycles. The van der Waals surface area contributed by atoms with Gasteiger partial charge in [-0.2, -0.15) is 0 Å². The van der Waals surface area contributed by atoms with Gasteiger partial charge in [-0.25, -0.2) is 0 Å². The van der Waals surface area contributed by atoms with Crippen LogP contribution in [0.1, 0.15) is 11.1 Å². The van der Waals surface area contributed by atoms with Crippen molar-refractivity contribution in [2.45, 2.75) is 12.5 Å². The number of rotatable bonds is 7. The summed E-state index contributed by atoms with van der Waals surface area (Å²) in [6.45, 7) is 0.353. The van der Waals surface area contributed by atoms with Crippen LogP contribution in [0.2, 0.25) is 0 Å². The Bertz CT molecular complexity index is 803. The standard InChI is InChI=1S/C19H21NO6/c1-26-19(25)14(9-13-5-7-16(22)18(24)11-13)20-8-2-3-12-4-6-15(21)17(23)10-12/h2-7,10-11,14,20-24H,8-9H2,1H3. The molecule has 0 fully saturated rings. The first-order valence-corrected chi connectivity index (χ1v) is 7.91. The Morgan fingerprint density at radius 2 is 1.69 bits per heavy atom. The number of esters is 1. The summed E-state index contributed by atoms with van der Waals surface area (Å²) in [5.41, 5.74) is 1.36. The van der Waals surface area contributed by atoms with Crippen molar-refractivity contribution in [3.63, 3.8) is 0 Å². The fourth-order valence-electron chi connectivity index (χ4n) is 2.36. The van der Waals surface area contributed by atoms with Crippen LogP contribution < -0.4 is 5.32 Å². The van der Waals surface area contributed by atoms with Gasteiger partial charge in [0, 0.05) is 6.54 Å². The molecule has 0 bridgehead atoms. The summed E-state index contributed by atoms with van der Waals surface area (Å²) in [4.78, 5) is 11.9. The van der Waals surface area contributed by atoms with Gasteiger partial charge in [0.2, 0.25) is 0 Å². The largest absolute Gasteiger partial charge is 0.504 e. The van der Waals surface area contributed by atoms with Crippen LogP contribution in [-0.4, -0.2) is 46.1 Å². The highest BCUT2D eigenvalue weighted by molar-refractivity contribution is 5.76. The molecule has 7 nitrogen and oxygen atoms in total. The molecule has 0 aliphatic carbocycles. The number of aromatic hydroxyl groups is 4. The van der Waals surface area contributed by atoms with Crippen molar-refractivity contribution >= 4 is 12.0 Å². The number of carbonyl (C=O) groups is 1. The molecule has 0 saturated heterocycles. The van der Waals surface area contributed by atoms with E-state index in [1.165, 1.54) is 31.4 Å². The number of phenols is 4. The molecule has 2 aromatic carbocycles. The second-order valence-corrected chi connectivity index (χ2v) is 5.66. The zero-order chi connectivity index (χ0) is 19.1. The molecule has 1 atom stereocenters. The van der Waals surface area contributed by atoms with Crippen LogP contribution >= 0.6 is 0 Å². The zero-order valence-corrected chi connectivity index (χ0v) is 14.2. The maximum Gasteiger partial charge on any atom is 0.323 e. The Labute approximate surface area is 150 Å². The Hall–Kier alpha value is -3.19. The van der Waals surface area contributed by atoms with Crippen molar-refractivity contribution in [2.75, 3.05) is 13.7 Å². The Balaban J connectivity index is 1.99. The first-order valence-electron chi connectivity index (χ1n) is 7.91. The van der Waals surface area contributed by atoms with Gasteiger partial charge in [-0.15, -0.1) is 0 Å². The summed E-state index contributed by atoms with van der Waals surface area (Å²) in [7, 11) is 1.29. The van der Waals surface area contributed by atoms with E-state index < -0.39 is 12.0 Å². The van der Waals surface area contributed by atoms with Gasteiger partial charge in [0.25, 0.3) is 0 Å². The predicted octanol–water partition coefficient (Wildman–Crippen LogP) is 1.90. The summed E-state index contributed by atoms with van der Waals surface area (Å²) in [5, 5.41) is 40.7. The number of methoxy groups -OCH3 is 1. The van der Waals surface area contributed by atoms with Crippen LogP contribution in [0.3, 0.4) is 0 Å². The van der Waals surface area contributed by atoms with Gasteiger partial charge in [0.1, 0.15) is 6.04 Å². The maximum absolute atomic E-state index is 11.9. The Morgan fingerprint density at radius 3 is 2.31 bits per heavy atom. The van der Waals surface area contributed by atoms with Gasteiger partial charge < -0.3 is 30.5 Å². The normalized spacial score (nSPS) is 12.2. The summed E-state index contributed by atoms with van der Waals surface area (Å²) in [5.74, 6) is -1.33. The van der Waals surface area contributed by atoms with E-state index in [1.54, 1.807) is 24.3 Å². The minimum absolute atomic E-state index is 0.191. The molecule has 7 heteroatoms. The molecule has 26 heavy (non-hydrogen) atoms. The zero-order valence-electron chi connectivity index (χ0n) is 14.2. The summed E-state index contributed by atoms with van der Waals surface area (Å²) in [6, 6.07) is 8.17. The van der Waals surface area contributed by atoms with E-state index in [-0.39, 0.29) is 29.4 Å². The van der Waals surface area contributed by atoms with Crippen molar-refractivity contribution in [3.05, 3.63) is 53.6 Å². The van der Waals surface area contributed by atoms with Gasteiger partial charge in [-0.1, -0.05) is 24.3 Å². The lowest BCUT2D eigenvalue weighted by molar-refractivity contribution is -0.143. The van der Waals surface area contributed by atoms with Crippen molar-refractivity contribution in [3.8, 4) is 23.0 Å². The summed E-state index contributed by atoms with van der Waals surface area (Å²) >= 11 is 0. The molecule has 138 valence electrons. The van der Waals surface area contributed by atoms with E-state index in [2.05, 4.69) is 5.32 Å². The minimum Gasteiger partial charge on any atom is -0.504 e. The van der Waals surface area contributed by atoms with Crippen LogP contribution in [0.15, 0.2) is 42.5 Å². The quantitative estimate of drug-likeness (QED) is 0.378. The molecule has 5 N–H and O–H groups in total. The second kappa shape index (κ2) is 8.77. The monoisotopic (exact) mass is 359 g/mol. The highest BCUT2D eigenvalue weighted by Gasteiger charge is 2.19. The van der Waals surface area contributed by atoms with Crippen LogP contribution in [0.5, 0.6) is 23.0 Å². The van der Waals surface area contributed by atoms with Crippen LogP contribution in [0.4, 0.5) is 0 Å². The number of carbonyl (C=O) groups excluding carboxylic acids is 1. The minimum atomic E-state index is -0.637. The fourth-order valence-corrected chi connectivity index (χ4v) is 2.36. The van der Waals surface area contributed by atoms with Crippen LogP contribution in [0.25, 0.3) is 6.08 Å². The molecule has 0 amide bonds. The van der Waals surface area contributed by atoms with E-state index >= 15 is 0 Å².